The van der Waals surface area contributed by atoms with E-state index in [1.54, 1.807) is 13.3 Å². The maximum absolute atomic E-state index is 11.7. The summed E-state index contributed by atoms with van der Waals surface area (Å²) in [7, 11) is 1.57. The van der Waals surface area contributed by atoms with Gasteiger partial charge in [0.1, 0.15) is 11.9 Å². The van der Waals surface area contributed by atoms with Crippen molar-refractivity contribution < 1.29 is 9.53 Å². The number of methoxy groups -OCH3 is 1. The predicted molar refractivity (Wildman–Crippen MR) is 60.6 cm³/mol. The summed E-state index contributed by atoms with van der Waals surface area (Å²) in [6.07, 6.45) is 3.72. The van der Waals surface area contributed by atoms with Gasteiger partial charge in [-0.15, -0.1) is 0 Å². The van der Waals surface area contributed by atoms with Crippen LogP contribution in [0.15, 0.2) is 12.4 Å². The van der Waals surface area contributed by atoms with Crippen LogP contribution in [0, 0.1) is 0 Å². The Hall–Kier alpha value is -1.44. The van der Waals surface area contributed by atoms with Crippen molar-refractivity contribution >= 4 is 5.91 Å². The lowest BCUT2D eigenvalue weighted by atomic mass is 10.2. The second kappa shape index (κ2) is 5.26. The molecule has 0 spiro atoms. The van der Waals surface area contributed by atoms with Crippen molar-refractivity contribution in [2.75, 3.05) is 20.3 Å². The van der Waals surface area contributed by atoms with Crippen molar-refractivity contribution in [2.45, 2.75) is 19.1 Å². The highest BCUT2D eigenvalue weighted by atomic mass is 16.5. The van der Waals surface area contributed by atoms with Crippen molar-refractivity contribution in [1.29, 1.82) is 0 Å². The number of hydrogen-bond donors (Lipinski definition) is 2. The first-order valence-corrected chi connectivity index (χ1v) is 5.49. The van der Waals surface area contributed by atoms with Crippen LogP contribution < -0.4 is 11.3 Å². The highest BCUT2D eigenvalue weighted by Gasteiger charge is 2.28. The van der Waals surface area contributed by atoms with E-state index in [0.717, 1.165) is 18.9 Å². The molecule has 3 N–H and O–H groups in total. The number of nitrogens with two attached hydrogens (primary N) is 1. The molecule has 17 heavy (non-hydrogen) atoms. The Morgan fingerprint density at radius 2 is 2.53 bits per heavy atom. The van der Waals surface area contributed by atoms with E-state index in [1.807, 2.05) is 11.1 Å². The summed E-state index contributed by atoms with van der Waals surface area (Å²) in [5.41, 5.74) is 2.18. The zero-order valence-corrected chi connectivity index (χ0v) is 9.80. The van der Waals surface area contributed by atoms with Crippen molar-refractivity contribution in [3.8, 4) is 0 Å². The molecule has 0 fully saturated rings. The molecule has 2 heterocycles. The fourth-order valence-electron chi connectivity index (χ4n) is 2.06. The summed E-state index contributed by atoms with van der Waals surface area (Å²) in [6, 6.07) is -0.365. The number of imidazole rings is 1. The molecule has 0 radical (unpaired) electrons. The van der Waals surface area contributed by atoms with Crippen LogP contribution in [0.4, 0.5) is 0 Å². The van der Waals surface area contributed by atoms with Gasteiger partial charge in [-0.25, -0.2) is 10.8 Å². The largest absolute Gasteiger partial charge is 0.383 e. The normalized spacial score (nSPS) is 17.5. The molecule has 2 rings (SSSR count). The Bertz CT molecular complexity index is 392. The van der Waals surface area contributed by atoms with Crippen LogP contribution in [0.3, 0.4) is 0 Å². The average Bonchev–Trinajstić information content (AvgIpc) is 2.82. The summed E-state index contributed by atoms with van der Waals surface area (Å²) in [6.45, 7) is 2.57. The first kappa shape index (κ1) is 12.0. The summed E-state index contributed by atoms with van der Waals surface area (Å²) in [4.78, 5) is 17.9. The molecule has 7 nitrogen and oxygen atoms in total. The number of hydrazine groups is 1. The number of ether oxygens (including phenoxy) is 1. The SMILES string of the molecule is COCC(C(=O)NN)N1CCn2ccnc2C1. The monoisotopic (exact) mass is 239 g/mol. The molecule has 1 aliphatic rings. The lowest BCUT2D eigenvalue weighted by Crippen LogP contribution is -2.53. The lowest BCUT2D eigenvalue weighted by Gasteiger charge is -2.33. The van der Waals surface area contributed by atoms with Gasteiger partial charge in [-0.3, -0.25) is 15.1 Å². The van der Waals surface area contributed by atoms with Crippen LogP contribution in [0.5, 0.6) is 0 Å². The molecule has 1 atom stereocenters. The first-order valence-electron chi connectivity index (χ1n) is 5.49. The van der Waals surface area contributed by atoms with Gasteiger partial charge in [-0.2, -0.15) is 0 Å². The van der Waals surface area contributed by atoms with E-state index in [2.05, 4.69) is 15.0 Å². The maximum atomic E-state index is 11.7. The summed E-state index contributed by atoms with van der Waals surface area (Å²) < 4.78 is 7.15. The number of nitrogens with zero attached hydrogens (tertiary/aromatic N) is 3. The first-order chi connectivity index (χ1) is 8.26. The topological polar surface area (TPSA) is 85.4 Å². The Balaban J connectivity index is 2.08. The number of nitrogens with one attached hydrogen (secondary N) is 1. The van der Waals surface area contributed by atoms with Gasteiger partial charge in [0, 0.05) is 32.6 Å². The number of hydrogen-bond acceptors (Lipinski definition) is 5. The molecular formula is C10H17N5O2. The Kier molecular flexibility index (Phi) is 3.72. The van der Waals surface area contributed by atoms with Gasteiger partial charge in [0.15, 0.2) is 0 Å². The second-order valence-corrected chi connectivity index (χ2v) is 3.99. The van der Waals surface area contributed by atoms with E-state index < -0.39 is 0 Å². The van der Waals surface area contributed by atoms with E-state index >= 15 is 0 Å². The van der Waals surface area contributed by atoms with Gasteiger partial charge in [0.05, 0.1) is 13.2 Å². The average molecular weight is 239 g/mol. The van der Waals surface area contributed by atoms with Crippen LogP contribution in [0.1, 0.15) is 5.82 Å². The minimum Gasteiger partial charge on any atom is -0.383 e. The summed E-state index contributed by atoms with van der Waals surface area (Å²) in [5, 5.41) is 0. The minimum absolute atomic E-state index is 0.230. The molecular weight excluding hydrogens is 222 g/mol. The molecule has 0 saturated heterocycles. The van der Waals surface area contributed by atoms with Crippen LogP contribution in [0.2, 0.25) is 0 Å². The highest BCUT2D eigenvalue weighted by Crippen LogP contribution is 2.13. The Morgan fingerprint density at radius 3 is 3.24 bits per heavy atom. The van der Waals surface area contributed by atoms with Gasteiger partial charge in [0.2, 0.25) is 0 Å². The molecule has 1 aromatic rings. The molecule has 1 amide bonds. The number of fused-ring (bicyclic) bond motifs is 1. The number of rotatable bonds is 4. The quantitative estimate of drug-likeness (QED) is 0.388. The number of carbonyl (C=O) groups excluding carboxylic acids is 1. The summed E-state index contributed by atoms with van der Waals surface area (Å²) in [5.74, 6) is 5.91. The van der Waals surface area contributed by atoms with E-state index in [0.29, 0.717) is 13.2 Å². The standard InChI is InChI=1S/C10H17N5O2/c1-17-7-8(10(16)13-11)15-5-4-14-3-2-12-9(14)6-15/h2-3,8H,4-7,11H2,1H3,(H,13,16). The molecule has 7 heteroatoms. The van der Waals surface area contributed by atoms with Crippen LogP contribution in [-0.2, 0) is 22.6 Å². The highest BCUT2D eigenvalue weighted by molar-refractivity contribution is 5.81. The third-order valence-electron chi connectivity index (χ3n) is 2.98. The molecule has 94 valence electrons. The third kappa shape index (κ3) is 2.46. The molecule has 1 unspecified atom stereocenters. The van der Waals surface area contributed by atoms with Crippen molar-refractivity contribution in [2.24, 2.45) is 5.84 Å². The molecule has 0 bridgehead atoms. The van der Waals surface area contributed by atoms with Gasteiger partial charge in [-0.1, -0.05) is 0 Å². The van der Waals surface area contributed by atoms with Gasteiger partial charge >= 0.3 is 0 Å². The molecule has 1 aromatic heterocycles. The van der Waals surface area contributed by atoms with Crippen LogP contribution in [-0.4, -0.2) is 46.7 Å². The molecule has 0 saturated carbocycles. The second-order valence-electron chi connectivity index (χ2n) is 3.99. The zero-order chi connectivity index (χ0) is 12.3. The van der Waals surface area contributed by atoms with Crippen molar-refractivity contribution in [1.82, 2.24) is 19.9 Å². The predicted octanol–water partition coefficient (Wildman–Crippen LogP) is -1.30. The van der Waals surface area contributed by atoms with Gasteiger partial charge in [-0.05, 0) is 0 Å². The Morgan fingerprint density at radius 1 is 1.71 bits per heavy atom. The van der Waals surface area contributed by atoms with Gasteiger partial charge < -0.3 is 9.30 Å². The molecule has 0 aliphatic carbocycles. The third-order valence-corrected chi connectivity index (χ3v) is 2.98. The number of carbonyl (C=O) groups is 1. The lowest BCUT2D eigenvalue weighted by molar-refractivity contribution is -0.129. The smallest absolute Gasteiger partial charge is 0.253 e. The zero-order valence-electron chi connectivity index (χ0n) is 9.80. The van der Waals surface area contributed by atoms with Crippen molar-refractivity contribution in [3.63, 3.8) is 0 Å². The van der Waals surface area contributed by atoms with E-state index in [1.165, 1.54) is 0 Å². The maximum Gasteiger partial charge on any atom is 0.253 e. The van der Waals surface area contributed by atoms with Crippen LogP contribution in [0.25, 0.3) is 0 Å². The van der Waals surface area contributed by atoms with Gasteiger partial charge in [0.25, 0.3) is 5.91 Å². The van der Waals surface area contributed by atoms with E-state index in [-0.39, 0.29) is 11.9 Å². The Labute approximate surface area is 99.5 Å². The fourth-order valence-corrected chi connectivity index (χ4v) is 2.06. The number of aromatic nitrogens is 2. The number of amides is 1. The fraction of sp³-hybridized carbons (Fsp3) is 0.600. The minimum atomic E-state index is -0.365. The summed E-state index contributed by atoms with van der Waals surface area (Å²) >= 11 is 0. The van der Waals surface area contributed by atoms with Crippen molar-refractivity contribution in [3.05, 3.63) is 18.2 Å². The van der Waals surface area contributed by atoms with E-state index in [9.17, 15) is 4.79 Å². The molecule has 1 aliphatic heterocycles. The molecule has 0 aromatic carbocycles. The van der Waals surface area contributed by atoms with E-state index in [4.69, 9.17) is 10.6 Å². The van der Waals surface area contributed by atoms with Crippen LogP contribution >= 0.6 is 0 Å².